The number of nitrogens with one attached hydrogen (secondary N) is 4. The summed E-state index contributed by atoms with van der Waals surface area (Å²) in [5.41, 5.74) is 3.94. The number of hydrogen-bond donors (Lipinski definition) is 4. The van der Waals surface area contributed by atoms with Gasteiger partial charge < -0.3 is 10.6 Å². The number of amides is 2. The third-order valence-corrected chi connectivity index (χ3v) is 4.87. The molecule has 0 atom stereocenters. The van der Waals surface area contributed by atoms with E-state index < -0.39 is 6.03 Å². The van der Waals surface area contributed by atoms with Crippen LogP contribution >= 0.6 is 0 Å². The summed E-state index contributed by atoms with van der Waals surface area (Å²) in [5, 5.41) is 25.4. The predicted molar refractivity (Wildman–Crippen MR) is 126 cm³/mol. The third kappa shape index (κ3) is 4.10. The number of fused-ring (bicyclic) bond motifs is 1. The van der Waals surface area contributed by atoms with Crippen molar-refractivity contribution in [2.75, 3.05) is 16.0 Å². The Kier molecular flexibility index (Phi) is 5.15. The zero-order chi connectivity index (χ0) is 21.8. The molecule has 0 aliphatic heterocycles. The van der Waals surface area contributed by atoms with Crippen molar-refractivity contribution in [1.82, 2.24) is 20.4 Å². The molecule has 5 aromatic rings. The Morgan fingerprint density at radius 2 is 1.47 bits per heavy atom. The lowest BCUT2D eigenvalue weighted by Crippen LogP contribution is -2.21. The summed E-state index contributed by atoms with van der Waals surface area (Å²) in [6, 6.07) is 28.1. The highest BCUT2D eigenvalue weighted by Crippen LogP contribution is 2.28. The summed E-state index contributed by atoms with van der Waals surface area (Å²) in [6.45, 7) is 0. The number of benzene rings is 3. The van der Waals surface area contributed by atoms with Gasteiger partial charge in [-0.25, -0.2) is 4.79 Å². The van der Waals surface area contributed by atoms with E-state index in [4.69, 9.17) is 0 Å². The number of urea groups is 1. The first-order valence-corrected chi connectivity index (χ1v) is 10.0. The Hall–Kier alpha value is -4.72. The minimum Gasteiger partial charge on any atom is -0.337 e. The molecular formula is C24H19N7O. The lowest BCUT2D eigenvalue weighted by atomic mass is 10.1. The number of para-hydroxylation sites is 3. The number of hydrogen-bond acceptors (Lipinski definition) is 5. The normalized spacial score (nSPS) is 10.6. The minimum atomic E-state index is -0.423. The molecule has 32 heavy (non-hydrogen) atoms. The van der Waals surface area contributed by atoms with Crippen molar-refractivity contribution in [3.05, 3.63) is 91.0 Å². The second-order valence-corrected chi connectivity index (χ2v) is 7.04. The highest BCUT2D eigenvalue weighted by atomic mass is 16.2. The zero-order valence-electron chi connectivity index (χ0n) is 16.9. The molecule has 0 aliphatic carbocycles. The molecule has 2 amide bonds. The summed E-state index contributed by atoms with van der Waals surface area (Å²) >= 11 is 0. The standard InChI is InChI=1S/C24H19N7O/c32-24(27-22-15-14-18(28-30-22)16-8-2-1-3-9-16)26-21-13-7-6-12-20(21)25-23-17-10-4-5-11-19(17)29-31-23/h1-15H,(H2,25,29,31)(H2,26,27,30,32). The maximum atomic E-state index is 12.6. The fraction of sp³-hybridized carbons (Fsp3) is 0. The summed E-state index contributed by atoms with van der Waals surface area (Å²) in [6.07, 6.45) is 0. The van der Waals surface area contributed by atoms with E-state index in [-0.39, 0.29) is 0 Å². The van der Waals surface area contributed by atoms with Crippen LogP contribution in [0, 0.1) is 0 Å². The molecule has 4 N–H and O–H groups in total. The average Bonchev–Trinajstić information content (AvgIpc) is 3.24. The molecule has 0 bridgehead atoms. The molecule has 2 aromatic heterocycles. The Morgan fingerprint density at radius 1 is 0.719 bits per heavy atom. The van der Waals surface area contributed by atoms with E-state index in [9.17, 15) is 4.79 Å². The lowest BCUT2D eigenvalue weighted by molar-refractivity contribution is 0.262. The van der Waals surface area contributed by atoms with E-state index in [2.05, 4.69) is 36.3 Å². The van der Waals surface area contributed by atoms with Gasteiger partial charge in [0.1, 0.15) is 0 Å². The largest absolute Gasteiger partial charge is 0.337 e. The molecule has 2 heterocycles. The topological polar surface area (TPSA) is 108 Å². The second kappa shape index (κ2) is 8.57. The van der Waals surface area contributed by atoms with Crippen LogP contribution in [-0.2, 0) is 0 Å². The summed E-state index contributed by atoms with van der Waals surface area (Å²) in [5.74, 6) is 1.03. The molecule has 156 valence electrons. The van der Waals surface area contributed by atoms with Crippen molar-refractivity contribution < 1.29 is 4.79 Å². The molecule has 8 heteroatoms. The number of rotatable bonds is 5. The zero-order valence-corrected chi connectivity index (χ0v) is 16.9. The number of H-pyrrole nitrogens is 1. The van der Waals surface area contributed by atoms with Gasteiger partial charge in [0.2, 0.25) is 0 Å². The summed E-state index contributed by atoms with van der Waals surface area (Å²) in [7, 11) is 0. The van der Waals surface area contributed by atoms with Crippen LogP contribution in [0.15, 0.2) is 91.0 Å². The van der Waals surface area contributed by atoms with Crippen LogP contribution < -0.4 is 16.0 Å². The van der Waals surface area contributed by atoms with E-state index in [1.165, 1.54) is 0 Å². The van der Waals surface area contributed by atoms with Crippen molar-refractivity contribution in [2.24, 2.45) is 0 Å². The second-order valence-electron chi connectivity index (χ2n) is 7.04. The first-order valence-electron chi connectivity index (χ1n) is 10.0. The molecule has 0 spiro atoms. The molecule has 0 radical (unpaired) electrons. The minimum absolute atomic E-state index is 0.353. The van der Waals surface area contributed by atoms with Gasteiger partial charge in [0.15, 0.2) is 11.6 Å². The van der Waals surface area contributed by atoms with Gasteiger partial charge in [-0.3, -0.25) is 10.4 Å². The Balaban J connectivity index is 1.29. The maximum Gasteiger partial charge on any atom is 0.324 e. The van der Waals surface area contributed by atoms with E-state index in [0.717, 1.165) is 22.2 Å². The van der Waals surface area contributed by atoms with Crippen LogP contribution in [0.3, 0.4) is 0 Å². The van der Waals surface area contributed by atoms with Crippen LogP contribution in [0.5, 0.6) is 0 Å². The summed E-state index contributed by atoms with van der Waals surface area (Å²) in [4.78, 5) is 12.6. The van der Waals surface area contributed by atoms with E-state index in [1.54, 1.807) is 12.1 Å². The van der Waals surface area contributed by atoms with Gasteiger partial charge in [-0.1, -0.05) is 54.6 Å². The van der Waals surface area contributed by atoms with Gasteiger partial charge in [-0.15, -0.1) is 10.2 Å². The predicted octanol–water partition coefficient (Wildman–Crippen LogP) is 5.41. The molecule has 0 saturated heterocycles. The van der Waals surface area contributed by atoms with Gasteiger partial charge in [-0.05, 0) is 36.4 Å². The Morgan fingerprint density at radius 3 is 2.28 bits per heavy atom. The fourth-order valence-electron chi connectivity index (χ4n) is 3.32. The smallest absolute Gasteiger partial charge is 0.324 e. The number of aromatic amines is 1. The first kappa shape index (κ1) is 19.3. The number of anilines is 4. The molecule has 5 rings (SSSR count). The number of carbonyl (C=O) groups is 1. The third-order valence-electron chi connectivity index (χ3n) is 4.87. The highest BCUT2D eigenvalue weighted by Gasteiger charge is 2.11. The monoisotopic (exact) mass is 421 g/mol. The van der Waals surface area contributed by atoms with Gasteiger partial charge in [0.25, 0.3) is 0 Å². The van der Waals surface area contributed by atoms with Crippen molar-refractivity contribution in [2.45, 2.75) is 0 Å². The SMILES string of the molecule is O=C(Nc1ccc(-c2ccccc2)nn1)Nc1ccccc1Nc1n[nH]c2ccccc12. The summed E-state index contributed by atoms with van der Waals surface area (Å²) < 4.78 is 0. The molecule has 3 aromatic carbocycles. The van der Waals surface area contributed by atoms with Crippen LogP contribution in [-0.4, -0.2) is 26.4 Å². The highest BCUT2D eigenvalue weighted by molar-refractivity contribution is 6.02. The number of carbonyl (C=O) groups excluding carboxylic acids is 1. The molecule has 0 saturated carbocycles. The van der Waals surface area contributed by atoms with Crippen molar-refractivity contribution in [3.63, 3.8) is 0 Å². The molecule has 8 nitrogen and oxygen atoms in total. The van der Waals surface area contributed by atoms with Crippen molar-refractivity contribution in [3.8, 4) is 11.3 Å². The maximum absolute atomic E-state index is 12.6. The van der Waals surface area contributed by atoms with Crippen molar-refractivity contribution >= 4 is 39.9 Å². The van der Waals surface area contributed by atoms with Crippen LogP contribution in [0.2, 0.25) is 0 Å². The van der Waals surface area contributed by atoms with Crippen LogP contribution in [0.25, 0.3) is 22.2 Å². The molecule has 0 fully saturated rings. The van der Waals surface area contributed by atoms with E-state index >= 15 is 0 Å². The molecular weight excluding hydrogens is 402 g/mol. The first-order chi connectivity index (χ1) is 15.8. The Labute approximate surface area is 183 Å². The van der Waals surface area contributed by atoms with Gasteiger partial charge in [0.05, 0.1) is 22.6 Å². The van der Waals surface area contributed by atoms with Crippen LogP contribution in [0.4, 0.5) is 27.8 Å². The van der Waals surface area contributed by atoms with E-state index in [0.29, 0.717) is 23.0 Å². The quantitative estimate of drug-likeness (QED) is 0.304. The van der Waals surface area contributed by atoms with Gasteiger partial charge in [0, 0.05) is 10.9 Å². The fourth-order valence-corrected chi connectivity index (χ4v) is 3.32. The number of aromatic nitrogens is 4. The average molecular weight is 421 g/mol. The van der Waals surface area contributed by atoms with Gasteiger partial charge in [-0.2, -0.15) is 5.10 Å². The number of nitrogens with zero attached hydrogens (tertiary/aromatic N) is 3. The molecule has 0 aliphatic rings. The van der Waals surface area contributed by atoms with E-state index in [1.807, 2.05) is 78.9 Å². The van der Waals surface area contributed by atoms with Crippen LogP contribution in [0.1, 0.15) is 0 Å². The van der Waals surface area contributed by atoms with Gasteiger partial charge >= 0.3 is 6.03 Å². The van der Waals surface area contributed by atoms with Crippen molar-refractivity contribution in [1.29, 1.82) is 0 Å². The lowest BCUT2D eigenvalue weighted by Gasteiger charge is -2.12. The Bertz CT molecular complexity index is 1360. The molecule has 0 unspecified atom stereocenters.